The second-order valence-electron chi connectivity index (χ2n) is 9.91. The summed E-state index contributed by atoms with van der Waals surface area (Å²) in [6.07, 6.45) is 7.25. The Morgan fingerprint density at radius 1 is 0.931 bits per heavy atom. The fourth-order valence-corrected chi connectivity index (χ4v) is 4.62. The molecule has 2 saturated heterocycles. The first kappa shape index (κ1) is 24.1. The number of ether oxygens (including phenoxy) is 1. The van der Waals surface area contributed by atoms with E-state index in [0.717, 1.165) is 64.6 Å². The van der Waals surface area contributed by atoms with Crippen LogP contribution in [0.3, 0.4) is 0 Å². The summed E-state index contributed by atoms with van der Waals surface area (Å²) in [6.45, 7) is 11.5. The van der Waals surface area contributed by atoms with E-state index in [9.17, 15) is 9.59 Å². The van der Waals surface area contributed by atoms with Gasteiger partial charge >= 0.3 is 0 Å². The molecule has 2 amide bonds. The molecule has 3 N–H and O–H groups in total. The van der Waals surface area contributed by atoms with Crippen LogP contribution in [-0.4, -0.2) is 50.2 Å². The molecule has 168 valence electrons. The van der Waals surface area contributed by atoms with Crippen LogP contribution >= 0.6 is 0 Å². The molecule has 2 fully saturated rings. The first-order valence-corrected chi connectivity index (χ1v) is 11.7. The van der Waals surface area contributed by atoms with Gasteiger partial charge in [0.1, 0.15) is 6.04 Å². The summed E-state index contributed by atoms with van der Waals surface area (Å²) in [5.41, 5.74) is -0.344. The van der Waals surface area contributed by atoms with Crippen LogP contribution in [0.2, 0.25) is 0 Å². The molecule has 2 aliphatic heterocycles. The number of carbonyl (C=O) groups is 2. The van der Waals surface area contributed by atoms with E-state index in [1.807, 2.05) is 0 Å². The predicted octanol–water partition coefficient (Wildman–Crippen LogP) is 3.01. The third kappa shape index (κ3) is 7.89. The molecule has 2 rings (SSSR count). The van der Waals surface area contributed by atoms with Gasteiger partial charge in [-0.15, -0.1) is 0 Å². The molecule has 1 spiro atoms. The Morgan fingerprint density at radius 2 is 1.62 bits per heavy atom. The lowest BCUT2D eigenvalue weighted by Crippen LogP contribution is -2.56. The Hall–Kier alpha value is -1.14. The van der Waals surface area contributed by atoms with Gasteiger partial charge in [0.2, 0.25) is 11.8 Å². The number of nitrogens with one attached hydrogen (secondary N) is 3. The third-order valence-electron chi connectivity index (χ3n) is 6.24. The standard InChI is InChI=1S/C23H43N3O3/c1-17(2)14-19-16-29-13-7-5-6-8-23(9-11-24-12-10-23)22(28)26-20(15-18(3)4)21(27)25-19/h17-20,24H,5-16H2,1-4H3,(H,25,27)(H,26,28)/t19-,20-/m0/s1. The summed E-state index contributed by atoms with van der Waals surface area (Å²) in [6, 6.07) is -0.489. The number of hydrogen-bond donors (Lipinski definition) is 3. The number of hydrogen-bond acceptors (Lipinski definition) is 4. The summed E-state index contributed by atoms with van der Waals surface area (Å²) in [7, 11) is 0. The van der Waals surface area contributed by atoms with Gasteiger partial charge in [-0.05, 0) is 63.5 Å². The first-order valence-electron chi connectivity index (χ1n) is 11.7. The van der Waals surface area contributed by atoms with Crippen LogP contribution in [0.5, 0.6) is 0 Å². The molecule has 6 heteroatoms. The average molecular weight is 410 g/mol. The van der Waals surface area contributed by atoms with E-state index in [2.05, 4.69) is 43.6 Å². The molecule has 0 aromatic rings. The van der Waals surface area contributed by atoms with E-state index >= 15 is 0 Å². The SMILES string of the molecule is CC(C)C[C@H]1COCCCCCC2(CCNCC2)C(=O)N[C@@H](CC(C)C)C(=O)N1. The molecule has 6 nitrogen and oxygen atoms in total. The first-order chi connectivity index (χ1) is 13.8. The zero-order valence-corrected chi connectivity index (χ0v) is 19.0. The maximum absolute atomic E-state index is 13.4. The molecule has 0 aromatic heterocycles. The Morgan fingerprint density at radius 3 is 2.28 bits per heavy atom. The molecule has 0 aliphatic carbocycles. The fourth-order valence-electron chi connectivity index (χ4n) is 4.62. The van der Waals surface area contributed by atoms with Crippen LogP contribution < -0.4 is 16.0 Å². The summed E-state index contributed by atoms with van der Waals surface area (Å²) in [5.74, 6) is 0.809. The van der Waals surface area contributed by atoms with Crippen molar-refractivity contribution >= 4 is 11.8 Å². The van der Waals surface area contributed by atoms with Gasteiger partial charge in [-0.2, -0.15) is 0 Å². The number of piperidine rings is 1. The molecule has 0 aromatic carbocycles. The van der Waals surface area contributed by atoms with Crippen molar-refractivity contribution in [1.82, 2.24) is 16.0 Å². The maximum atomic E-state index is 13.4. The lowest BCUT2D eigenvalue weighted by atomic mass is 9.73. The molecule has 0 bridgehead atoms. The van der Waals surface area contributed by atoms with Gasteiger partial charge in [-0.25, -0.2) is 0 Å². The van der Waals surface area contributed by atoms with Crippen molar-refractivity contribution in [3.63, 3.8) is 0 Å². The largest absolute Gasteiger partial charge is 0.379 e. The molecule has 2 aliphatic rings. The molecule has 0 radical (unpaired) electrons. The van der Waals surface area contributed by atoms with Crippen LogP contribution in [0.15, 0.2) is 0 Å². The van der Waals surface area contributed by atoms with Gasteiger partial charge in [0, 0.05) is 6.61 Å². The second-order valence-corrected chi connectivity index (χ2v) is 9.91. The molecule has 2 heterocycles. The van der Waals surface area contributed by atoms with Crippen molar-refractivity contribution < 1.29 is 14.3 Å². The monoisotopic (exact) mass is 409 g/mol. The van der Waals surface area contributed by atoms with Crippen LogP contribution in [0.1, 0.15) is 79.1 Å². The van der Waals surface area contributed by atoms with Crippen molar-refractivity contribution in [2.24, 2.45) is 17.3 Å². The van der Waals surface area contributed by atoms with E-state index in [1.165, 1.54) is 0 Å². The highest BCUT2D eigenvalue weighted by molar-refractivity contribution is 5.90. The van der Waals surface area contributed by atoms with Gasteiger partial charge in [-0.3, -0.25) is 9.59 Å². The number of carbonyl (C=O) groups excluding carboxylic acids is 2. The zero-order chi connectivity index (χ0) is 21.3. The lowest BCUT2D eigenvalue weighted by Gasteiger charge is -2.38. The third-order valence-corrected chi connectivity index (χ3v) is 6.24. The molecule has 2 atom stereocenters. The van der Waals surface area contributed by atoms with E-state index in [-0.39, 0.29) is 23.3 Å². The second kappa shape index (κ2) is 11.9. The number of amides is 2. The highest BCUT2D eigenvalue weighted by Crippen LogP contribution is 2.35. The molecule has 0 saturated carbocycles. The number of rotatable bonds is 4. The molecular weight excluding hydrogens is 366 g/mol. The van der Waals surface area contributed by atoms with Crippen molar-refractivity contribution in [2.75, 3.05) is 26.3 Å². The van der Waals surface area contributed by atoms with Crippen molar-refractivity contribution in [3.8, 4) is 0 Å². The average Bonchev–Trinajstić information content (AvgIpc) is 2.65. The molecule has 29 heavy (non-hydrogen) atoms. The van der Waals surface area contributed by atoms with Crippen LogP contribution in [0.25, 0.3) is 0 Å². The van der Waals surface area contributed by atoms with Crippen LogP contribution in [0.4, 0.5) is 0 Å². The molecule has 0 unspecified atom stereocenters. The van der Waals surface area contributed by atoms with Gasteiger partial charge in [-0.1, -0.05) is 40.5 Å². The van der Waals surface area contributed by atoms with Crippen molar-refractivity contribution in [1.29, 1.82) is 0 Å². The zero-order valence-electron chi connectivity index (χ0n) is 19.0. The minimum Gasteiger partial charge on any atom is -0.379 e. The van der Waals surface area contributed by atoms with Gasteiger partial charge in [0.05, 0.1) is 18.1 Å². The Kier molecular flexibility index (Phi) is 9.90. The van der Waals surface area contributed by atoms with E-state index < -0.39 is 6.04 Å². The maximum Gasteiger partial charge on any atom is 0.242 e. The van der Waals surface area contributed by atoms with E-state index in [1.54, 1.807) is 0 Å². The van der Waals surface area contributed by atoms with Gasteiger partial charge in [0.25, 0.3) is 0 Å². The van der Waals surface area contributed by atoms with E-state index in [0.29, 0.717) is 24.9 Å². The topological polar surface area (TPSA) is 79.5 Å². The summed E-state index contributed by atoms with van der Waals surface area (Å²) in [5, 5.41) is 9.72. The summed E-state index contributed by atoms with van der Waals surface area (Å²) in [4.78, 5) is 26.5. The predicted molar refractivity (Wildman–Crippen MR) is 117 cm³/mol. The Labute approximate surface area is 177 Å². The van der Waals surface area contributed by atoms with E-state index in [4.69, 9.17) is 4.74 Å². The fraction of sp³-hybridized carbons (Fsp3) is 0.913. The van der Waals surface area contributed by atoms with Crippen LogP contribution in [-0.2, 0) is 14.3 Å². The minimum atomic E-state index is -0.480. The smallest absolute Gasteiger partial charge is 0.242 e. The minimum absolute atomic E-state index is 0.00940. The van der Waals surface area contributed by atoms with Crippen LogP contribution in [0, 0.1) is 17.3 Å². The Balaban J connectivity index is 2.19. The highest BCUT2D eigenvalue weighted by atomic mass is 16.5. The van der Waals surface area contributed by atoms with Crippen molar-refractivity contribution in [2.45, 2.75) is 91.1 Å². The van der Waals surface area contributed by atoms with Gasteiger partial charge in [0.15, 0.2) is 0 Å². The van der Waals surface area contributed by atoms with Gasteiger partial charge < -0.3 is 20.7 Å². The quantitative estimate of drug-likeness (QED) is 0.667. The summed E-state index contributed by atoms with van der Waals surface area (Å²) >= 11 is 0. The highest BCUT2D eigenvalue weighted by Gasteiger charge is 2.40. The van der Waals surface area contributed by atoms with Crippen molar-refractivity contribution in [3.05, 3.63) is 0 Å². The lowest BCUT2D eigenvalue weighted by molar-refractivity contribution is -0.137. The summed E-state index contributed by atoms with van der Waals surface area (Å²) < 4.78 is 5.90. The molecular formula is C23H43N3O3. The normalized spacial score (nSPS) is 27.5. The Bertz CT molecular complexity index is 515.